The van der Waals surface area contributed by atoms with Crippen molar-refractivity contribution in [3.8, 4) is 0 Å². The minimum absolute atomic E-state index is 0.516. The van der Waals surface area contributed by atoms with E-state index in [4.69, 9.17) is 10.7 Å². The first-order chi connectivity index (χ1) is 8.33. The normalized spacial score (nSPS) is 17.6. The number of nitrogens with two attached hydrogens (primary N) is 1. The van der Waals surface area contributed by atoms with Crippen LogP contribution in [-0.2, 0) is 19.4 Å². The van der Waals surface area contributed by atoms with Crippen LogP contribution in [0.15, 0.2) is 24.3 Å². The Labute approximate surface area is 106 Å². The molecule has 3 rings (SSSR count). The van der Waals surface area contributed by atoms with Gasteiger partial charge >= 0.3 is 0 Å². The molecule has 0 fully saturated rings. The standard InChI is InChI=1S/C14H16N2S/c1-2-12-13(8-15)17-14(16-12)11-7-9-5-3-4-6-10(9)11/h3-6,11H,2,7-8,15H2,1H3. The van der Waals surface area contributed by atoms with Gasteiger partial charge in [-0.15, -0.1) is 11.3 Å². The van der Waals surface area contributed by atoms with Gasteiger partial charge in [-0.1, -0.05) is 31.2 Å². The van der Waals surface area contributed by atoms with E-state index in [1.54, 1.807) is 11.3 Å². The molecule has 1 aliphatic rings. The topological polar surface area (TPSA) is 38.9 Å². The minimum atomic E-state index is 0.516. The molecule has 0 saturated carbocycles. The summed E-state index contributed by atoms with van der Waals surface area (Å²) in [5.41, 5.74) is 9.88. The highest BCUT2D eigenvalue weighted by Gasteiger charge is 2.29. The number of nitrogens with zero attached hydrogens (tertiary/aromatic N) is 1. The van der Waals surface area contributed by atoms with Gasteiger partial charge in [-0.05, 0) is 24.0 Å². The van der Waals surface area contributed by atoms with Gasteiger partial charge in [-0.2, -0.15) is 0 Å². The van der Waals surface area contributed by atoms with E-state index in [0.717, 1.165) is 12.8 Å². The quantitative estimate of drug-likeness (QED) is 0.901. The second-order valence-corrected chi connectivity index (χ2v) is 5.55. The fourth-order valence-corrected chi connectivity index (χ4v) is 3.62. The van der Waals surface area contributed by atoms with E-state index < -0.39 is 0 Å². The molecule has 0 amide bonds. The molecule has 0 saturated heterocycles. The van der Waals surface area contributed by atoms with Crippen LogP contribution in [0, 0.1) is 0 Å². The number of thiazole rings is 1. The lowest BCUT2D eigenvalue weighted by molar-refractivity contribution is 0.698. The molecule has 0 radical (unpaired) electrons. The zero-order chi connectivity index (χ0) is 11.8. The summed E-state index contributed by atoms with van der Waals surface area (Å²) < 4.78 is 0. The summed E-state index contributed by atoms with van der Waals surface area (Å²) >= 11 is 1.80. The molecule has 17 heavy (non-hydrogen) atoms. The van der Waals surface area contributed by atoms with Crippen molar-refractivity contribution in [3.63, 3.8) is 0 Å². The van der Waals surface area contributed by atoms with Gasteiger partial charge in [0.1, 0.15) is 5.01 Å². The highest BCUT2D eigenvalue weighted by molar-refractivity contribution is 7.11. The molecule has 1 aromatic heterocycles. The molecule has 0 spiro atoms. The Hall–Kier alpha value is -1.19. The molecule has 0 bridgehead atoms. The van der Waals surface area contributed by atoms with Crippen molar-refractivity contribution in [1.29, 1.82) is 0 Å². The second kappa shape index (κ2) is 4.24. The van der Waals surface area contributed by atoms with Crippen molar-refractivity contribution < 1.29 is 0 Å². The van der Waals surface area contributed by atoms with Crippen LogP contribution < -0.4 is 5.73 Å². The van der Waals surface area contributed by atoms with Gasteiger partial charge in [0, 0.05) is 17.3 Å². The first kappa shape index (κ1) is 10.9. The van der Waals surface area contributed by atoms with Crippen LogP contribution in [0.5, 0.6) is 0 Å². The number of benzene rings is 1. The SMILES string of the molecule is CCc1nc(C2Cc3ccccc32)sc1CN. The van der Waals surface area contributed by atoms with E-state index >= 15 is 0 Å². The molecule has 1 atom stereocenters. The lowest BCUT2D eigenvalue weighted by Crippen LogP contribution is -2.17. The van der Waals surface area contributed by atoms with E-state index in [2.05, 4.69) is 31.2 Å². The van der Waals surface area contributed by atoms with Gasteiger partial charge in [-0.25, -0.2) is 4.98 Å². The van der Waals surface area contributed by atoms with Crippen LogP contribution >= 0.6 is 11.3 Å². The highest BCUT2D eigenvalue weighted by atomic mass is 32.1. The van der Waals surface area contributed by atoms with E-state index in [1.165, 1.54) is 26.7 Å². The molecule has 1 unspecified atom stereocenters. The first-order valence-corrected chi connectivity index (χ1v) is 6.91. The third-order valence-corrected chi connectivity index (χ3v) is 4.70. The zero-order valence-electron chi connectivity index (χ0n) is 9.94. The molecular weight excluding hydrogens is 228 g/mol. The van der Waals surface area contributed by atoms with Crippen molar-refractivity contribution in [2.24, 2.45) is 5.73 Å². The summed E-state index contributed by atoms with van der Waals surface area (Å²) in [6.07, 6.45) is 2.12. The fourth-order valence-electron chi connectivity index (χ4n) is 2.47. The maximum atomic E-state index is 5.76. The lowest BCUT2D eigenvalue weighted by atomic mass is 9.78. The molecule has 1 aliphatic carbocycles. The van der Waals surface area contributed by atoms with Crippen molar-refractivity contribution >= 4 is 11.3 Å². The number of aromatic nitrogens is 1. The van der Waals surface area contributed by atoms with Gasteiger partial charge in [0.05, 0.1) is 5.69 Å². The number of aryl methyl sites for hydroxylation is 1. The fraction of sp³-hybridized carbons (Fsp3) is 0.357. The summed E-state index contributed by atoms with van der Waals surface area (Å²) in [5, 5.41) is 1.25. The first-order valence-electron chi connectivity index (χ1n) is 6.09. The van der Waals surface area contributed by atoms with E-state index in [0.29, 0.717) is 12.5 Å². The molecule has 3 heteroatoms. The van der Waals surface area contributed by atoms with Crippen LogP contribution in [0.2, 0.25) is 0 Å². The number of rotatable bonds is 3. The molecule has 1 heterocycles. The molecule has 2 aromatic rings. The predicted octanol–water partition coefficient (Wildman–Crippen LogP) is 2.85. The average Bonchev–Trinajstić information content (AvgIpc) is 2.73. The minimum Gasteiger partial charge on any atom is -0.326 e. The number of hydrogen-bond acceptors (Lipinski definition) is 3. The molecule has 88 valence electrons. The van der Waals surface area contributed by atoms with Gasteiger partial charge in [0.2, 0.25) is 0 Å². The van der Waals surface area contributed by atoms with E-state index in [-0.39, 0.29) is 0 Å². The average molecular weight is 244 g/mol. The van der Waals surface area contributed by atoms with Crippen LogP contribution in [-0.4, -0.2) is 4.98 Å². The Morgan fingerprint density at radius 1 is 1.41 bits per heavy atom. The maximum absolute atomic E-state index is 5.76. The third-order valence-electron chi connectivity index (χ3n) is 3.47. The zero-order valence-corrected chi connectivity index (χ0v) is 10.8. The van der Waals surface area contributed by atoms with Crippen LogP contribution in [0.4, 0.5) is 0 Å². The molecule has 0 aliphatic heterocycles. The van der Waals surface area contributed by atoms with Gasteiger partial charge in [-0.3, -0.25) is 0 Å². The smallest absolute Gasteiger partial charge is 0.101 e. The summed E-state index contributed by atoms with van der Waals surface area (Å²) in [7, 11) is 0. The van der Waals surface area contributed by atoms with Crippen molar-refractivity contribution in [2.75, 3.05) is 0 Å². The maximum Gasteiger partial charge on any atom is 0.101 e. The molecule has 2 nitrogen and oxygen atoms in total. The van der Waals surface area contributed by atoms with Gasteiger partial charge < -0.3 is 5.73 Å². The summed E-state index contributed by atoms with van der Waals surface area (Å²) in [6.45, 7) is 2.77. The van der Waals surface area contributed by atoms with Crippen molar-refractivity contribution in [1.82, 2.24) is 4.98 Å². The number of hydrogen-bond donors (Lipinski definition) is 1. The Kier molecular flexibility index (Phi) is 2.73. The number of fused-ring (bicyclic) bond motifs is 1. The Morgan fingerprint density at radius 2 is 2.24 bits per heavy atom. The van der Waals surface area contributed by atoms with Crippen molar-refractivity contribution in [3.05, 3.63) is 51.0 Å². The molecular formula is C14H16N2S. The molecule has 2 N–H and O–H groups in total. The van der Waals surface area contributed by atoms with Crippen molar-refractivity contribution in [2.45, 2.75) is 32.2 Å². The van der Waals surface area contributed by atoms with E-state index in [1.807, 2.05) is 0 Å². The highest BCUT2D eigenvalue weighted by Crippen LogP contribution is 2.41. The van der Waals surface area contributed by atoms with Gasteiger partial charge in [0.15, 0.2) is 0 Å². The molecule has 1 aromatic carbocycles. The summed E-state index contributed by atoms with van der Waals surface area (Å²) in [4.78, 5) is 6.02. The second-order valence-electron chi connectivity index (χ2n) is 4.44. The summed E-state index contributed by atoms with van der Waals surface area (Å²) in [6, 6.07) is 8.66. The van der Waals surface area contributed by atoms with Crippen LogP contribution in [0.3, 0.4) is 0 Å². The Bertz CT molecular complexity index is 523. The van der Waals surface area contributed by atoms with Gasteiger partial charge in [0.25, 0.3) is 0 Å². The Balaban J connectivity index is 1.95. The van der Waals surface area contributed by atoms with E-state index in [9.17, 15) is 0 Å². The largest absolute Gasteiger partial charge is 0.326 e. The predicted molar refractivity (Wildman–Crippen MR) is 71.4 cm³/mol. The monoisotopic (exact) mass is 244 g/mol. The third kappa shape index (κ3) is 1.70. The lowest BCUT2D eigenvalue weighted by Gasteiger charge is -2.28. The Morgan fingerprint density at radius 3 is 2.88 bits per heavy atom. The van der Waals surface area contributed by atoms with Crippen LogP contribution in [0.25, 0.3) is 0 Å². The summed E-state index contributed by atoms with van der Waals surface area (Å²) in [5.74, 6) is 0.516. The van der Waals surface area contributed by atoms with Crippen LogP contribution in [0.1, 0.15) is 39.5 Å².